The first-order chi connectivity index (χ1) is 14.5. The number of para-hydroxylation sites is 1. The zero-order chi connectivity index (χ0) is 21.1. The molecule has 6 heteroatoms. The number of esters is 2. The third-order valence-electron chi connectivity index (χ3n) is 6.88. The van der Waals surface area contributed by atoms with Gasteiger partial charge in [-0.3, -0.25) is 14.5 Å². The number of carbonyl (C=O) groups is 2. The molecular formula is C24H32N2O4. The summed E-state index contributed by atoms with van der Waals surface area (Å²) in [6.07, 6.45) is 5.29. The third-order valence-corrected chi connectivity index (χ3v) is 6.88. The van der Waals surface area contributed by atoms with Crippen molar-refractivity contribution in [2.45, 2.75) is 51.5 Å². The van der Waals surface area contributed by atoms with Crippen molar-refractivity contribution in [2.24, 2.45) is 11.8 Å². The summed E-state index contributed by atoms with van der Waals surface area (Å²) < 4.78 is 10.1. The van der Waals surface area contributed by atoms with E-state index in [-0.39, 0.29) is 11.9 Å². The van der Waals surface area contributed by atoms with E-state index in [0.717, 1.165) is 45.2 Å². The van der Waals surface area contributed by atoms with E-state index < -0.39 is 0 Å². The van der Waals surface area contributed by atoms with Crippen molar-refractivity contribution in [2.75, 3.05) is 26.8 Å². The molecule has 1 N–H and O–H groups in total. The molecule has 2 aliphatic rings. The van der Waals surface area contributed by atoms with E-state index in [0.29, 0.717) is 30.9 Å². The molecule has 1 fully saturated rings. The lowest BCUT2D eigenvalue weighted by molar-refractivity contribution is -0.142. The van der Waals surface area contributed by atoms with Crippen LogP contribution < -0.4 is 0 Å². The van der Waals surface area contributed by atoms with Gasteiger partial charge in [-0.1, -0.05) is 18.2 Å². The molecule has 0 radical (unpaired) electrons. The molecule has 30 heavy (non-hydrogen) atoms. The summed E-state index contributed by atoms with van der Waals surface area (Å²) in [4.78, 5) is 29.2. The maximum atomic E-state index is 11.7. The highest BCUT2D eigenvalue weighted by molar-refractivity contribution is 5.84. The van der Waals surface area contributed by atoms with Crippen molar-refractivity contribution in [1.82, 2.24) is 9.88 Å². The van der Waals surface area contributed by atoms with E-state index in [1.165, 1.54) is 36.2 Å². The van der Waals surface area contributed by atoms with E-state index in [1.54, 1.807) is 0 Å². The van der Waals surface area contributed by atoms with Crippen molar-refractivity contribution in [1.29, 1.82) is 0 Å². The van der Waals surface area contributed by atoms with Crippen LogP contribution in [-0.4, -0.2) is 54.7 Å². The first-order valence-corrected chi connectivity index (χ1v) is 11.1. The van der Waals surface area contributed by atoms with Crippen LogP contribution in [-0.2, 0) is 31.9 Å². The first kappa shape index (κ1) is 20.9. The minimum atomic E-state index is -0.219. The molecule has 3 heterocycles. The van der Waals surface area contributed by atoms with Gasteiger partial charge < -0.3 is 14.5 Å². The number of aromatic amines is 1. The first-order valence-electron chi connectivity index (χ1n) is 11.1. The molecule has 0 amide bonds. The molecule has 1 aromatic heterocycles. The zero-order valence-electron chi connectivity index (χ0n) is 18.0. The van der Waals surface area contributed by atoms with Gasteiger partial charge in [0, 0.05) is 55.5 Å². The number of carbonyl (C=O) groups excluding carboxylic acids is 2. The molecule has 3 atom stereocenters. The van der Waals surface area contributed by atoms with Gasteiger partial charge in [-0.15, -0.1) is 0 Å². The standard InChI is InChI=1S/C24H32N2O4/c1-16(27)30-12-10-18-13-17(7-8-24(28)29-2)15-26-11-9-20-19-5-3-4-6-21(19)25-22(20)14-23(18)26/h3-6,17-18,23,25H,7-15H2,1-2H3/t17-,18?,23?/m1/s1. The normalized spacial score (nSPS) is 24.0. The summed E-state index contributed by atoms with van der Waals surface area (Å²) in [6, 6.07) is 9.00. The van der Waals surface area contributed by atoms with E-state index in [9.17, 15) is 9.59 Å². The number of aromatic nitrogens is 1. The number of H-pyrrole nitrogens is 1. The molecule has 2 unspecified atom stereocenters. The van der Waals surface area contributed by atoms with Crippen LogP contribution in [0.4, 0.5) is 0 Å². The monoisotopic (exact) mass is 412 g/mol. The molecule has 1 saturated heterocycles. The average molecular weight is 413 g/mol. The van der Waals surface area contributed by atoms with Gasteiger partial charge in [0.05, 0.1) is 13.7 Å². The quantitative estimate of drug-likeness (QED) is 0.736. The summed E-state index contributed by atoms with van der Waals surface area (Å²) in [5.41, 5.74) is 4.03. The number of hydrogen-bond donors (Lipinski definition) is 1. The molecular weight excluding hydrogens is 380 g/mol. The summed E-state index contributed by atoms with van der Waals surface area (Å²) in [5.74, 6) is 0.559. The Balaban J connectivity index is 1.53. The second kappa shape index (κ2) is 9.21. The topological polar surface area (TPSA) is 71.6 Å². The lowest BCUT2D eigenvalue weighted by Crippen LogP contribution is -2.50. The maximum Gasteiger partial charge on any atom is 0.305 e. The highest BCUT2D eigenvalue weighted by Gasteiger charge is 2.38. The second-order valence-electron chi connectivity index (χ2n) is 8.75. The highest BCUT2D eigenvalue weighted by Crippen LogP contribution is 2.37. The molecule has 2 aromatic rings. The Labute approximate surface area is 177 Å². The van der Waals surface area contributed by atoms with Crippen molar-refractivity contribution in [3.63, 3.8) is 0 Å². The Morgan fingerprint density at radius 3 is 2.87 bits per heavy atom. The minimum Gasteiger partial charge on any atom is -0.469 e. The number of methoxy groups -OCH3 is 1. The van der Waals surface area contributed by atoms with Gasteiger partial charge in [0.25, 0.3) is 0 Å². The zero-order valence-corrected chi connectivity index (χ0v) is 18.0. The molecule has 6 nitrogen and oxygen atoms in total. The smallest absolute Gasteiger partial charge is 0.305 e. The van der Waals surface area contributed by atoms with Crippen molar-refractivity contribution in [3.05, 3.63) is 35.5 Å². The summed E-state index contributed by atoms with van der Waals surface area (Å²) in [7, 11) is 1.45. The average Bonchev–Trinajstić information content (AvgIpc) is 2.98. The summed E-state index contributed by atoms with van der Waals surface area (Å²) in [5, 5.41) is 1.34. The van der Waals surface area contributed by atoms with Gasteiger partial charge in [0.15, 0.2) is 0 Å². The summed E-state index contributed by atoms with van der Waals surface area (Å²) in [6.45, 7) is 3.98. The van der Waals surface area contributed by atoms with Gasteiger partial charge in [-0.2, -0.15) is 0 Å². The number of nitrogens with one attached hydrogen (secondary N) is 1. The molecule has 0 saturated carbocycles. The highest BCUT2D eigenvalue weighted by atomic mass is 16.5. The SMILES string of the molecule is COC(=O)CC[C@@H]1CC(CCOC(C)=O)C2Cc3[nH]c4ccccc4c3CCN2C1. The van der Waals surface area contributed by atoms with Crippen LogP contribution in [0.15, 0.2) is 24.3 Å². The fourth-order valence-corrected chi connectivity index (χ4v) is 5.46. The fourth-order valence-electron chi connectivity index (χ4n) is 5.46. The van der Waals surface area contributed by atoms with E-state index in [4.69, 9.17) is 9.47 Å². The van der Waals surface area contributed by atoms with Gasteiger partial charge in [-0.25, -0.2) is 0 Å². The Hall–Kier alpha value is -2.34. The van der Waals surface area contributed by atoms with Crippen LogP contribution in [0.3, 0.4) is 0 Å². The predicted molar refractivity (Wildman–Crippen MR) is 115 cm³/mol. The van der Waals surface area contributed by atoms with Crippen molar-refractivity contribution in [3.8, 4) is 0 Å². The van der Waals surface area contributed by atoms with Gasteiger partial charge in [0.2, 0.25) is 0 Å². The molecule has 162 valence electrons. The predicted octanol–water partition coefficient (Wildman–Crippen LogP) is 3.48. The van der Waals surface area contributed by atoms with Crippen LogP contribution >= 0.6 is 0 Å². The van der Waals surface area contributed by atoms with E-state index in [1.807, 2.05) is 0 Å². The van der Waals surface area contributed by atoms with Gasteiger partial charge in [-0.05, 0) is 49.1 Å². The largest absolute Gasteiger partial charge is 0.469 e. The molecule has 0 aliphatic carbocycles. The van der Waals surface area contributed by atoms with Crippen molar-refractivity contribution >= 4 is 22.8 Å². The van der Waals surface area contributed by atoms with Crippen LogP contribution in [0, 0.1) is 11.8 Å². The maximum absolute atomic E-state index is 11.7. The lowest BCUT2D eigenvalue weighted by Gasteiger charge is -2.44. The third kappa shape index (κ3) is 4.53. The number of rotatable bonds is 6. The Kier molecular flexibility index (Phi) is 6.42. The van der Waals surface area contributed by atoms with E-state index >= 15 is 0 Å². The number of hydrogen-bond acceptors (Lipinski definition) is 5. The van der Waals surface area contributed by atoms with Gasteiger partial charge >= 0.3 is 11.9 Å². The van der Waals surface area contributed by atoms with Crippen molar-refractivity contribution < 1.29 is 19.1 Å². The Morgan fingerprint density at radius 2 is 2.07 bits per heavy atom. The molecule has 0 spiro atoms. The Bertz CT molecular complexity index is 906. The number of nitrogens with zero attached hydrogens (tertiary/aromatic N) is 1. The van der Waals surface area contributed by atoms with Crippen LogP contribution in [0.1, 0.15) is 43.9 Å². The van der Waals surface area contributed by atoms with Crippen LogP contribution in [0.5, 0.6) is 0 Å². The van der Waals surface area contributed by atoms with Crippen LogP contribution in [0.2, 0.25) is 0 Å². The minimum absolute atomic E-state index is 0.133. The van der Waals surface area contributed by atoms with Crippen LogP contribution in [0.25, 0.3) is 10.9 Å². The fraction of sp³-hybridized carbons (Fsp3) is 0.583. The Morgan fingerprint density at radius 1 is 1.23 bits per heavy atom. The molecule has 4 rings (SSSR count). The number of piperidine rings is 1. The number of benzene rings is 1. The van der Waals surface area contributed by atoms with E-state index in [2.05, 4.69) is 34.1 Å². The molecule has 2 aliphatic heterocycles. The second-order valence-corrected chi connectivity index (χ2v) is 8.75. The lowest BCUT2D eigenvalue weighted by atomic mass is 9.78. The number of fused-ring (bicyclic) bond motifs is 4. The molecule has 0 bridgehead atoms. The molecule has 1 aromatic carbocycles. The number of ether oxygens (including phenoxy) is 2. The summed E-state index contributed by atoms with van der Waals surface area (Å²) >= 11 is 0. The van der Waals surface area contributed by atoms with Gasteiger partial charge in [0.1, 0.15) is 0 Å².